The van der Waals surface area contributed by atoms with E-state index < -0.39 is 10.0 Å². The Bertz CT molecular complexity index is 1020. The van der Waals surface area contributed by atoms with Crippen molar-refractivity contribution in [1.29, 1.82) is 0 Å². The Morgan fingerprint density at radius 3 is 1.62 bits per heavy atom. The summed E-state index contributed by atoms with van der Waals surface area (Å²) in [7, 11) is -3.48. The first-order valence-corrected chi connectivity index (χ1v) is 15.4. The van der Waals surface area contributed by atoms with Crippen molar-refractivity contribution in [3.63, 3.8) is 0 Å². The van der Waals surface area contributed by atoms with E-state index in [1.54, 1.807) is 0 Å². The summed E-state index contributed by atoms with van der Waals surface area (Å²) in [6, 6.07) is 7.66. The Labute approximate surface area is 197 Å². The van der Waals surface area contributed by atoms with E-state index >= 15 is 0 Å². The normalized spacial score (nSPS) is 52.8. The van der Waals surface area contributed by atoms with Gasteiger partial charge < -0.3 is 0 Å². The summed E-state index contributed by atoms with van der Waals surface area (Å²) in [5.74, 6) is 6.30. The average molecular weight is 470 g/mol. The van der Waals surface area contributed by atoms with Crippen molar-refractivity contribution in [2.24, 2.45) is 47.3 Å². The average Bonchev–Trinajstić information content (AvgIpc) is 2.72. The van der Waals surface area contributed by atoms with Gasteiger partial charge in [-0.15, -0.1) is 3.71 Å². The van der Waals surface area contributed by atoms with Crippen molar-refractivity contribution in [3.8, 4) is 0 Å². The maximum atomic E-state index is 14.2. The van der Waals surface area contributed by atoms with Crippen LogP contribution in [0.15, 0.2) is 29.2 Å². The van der Waals surface area contributed by atoms with E-state index in [0.717, 1.165) is 41.1 Å². The molecule has 2 spiro atoms. The zero-order chi connectivity index (χ0) is 21.5. The van der Waals surface area contributed by atoms with Gasteiger partial charge in [-0.05, 0) is 131 Å². The number of aryl methyl sites for hydroxylation is 1. The van der Waals surface area contributed by atoms with Gasteiger partial charge in [-0.3, -0.25) is 0 Å². The van der Waals surface area contributed by atoms with Crippen LogP contribution in [0, 0.1) is 54.3 Å². The van der Waals surface area contributed by atoms with Crippen LogP contribution in [0.2, 0.25) is 0 Å². The largest absolute Gasteiger partial charge is 0.252 e. The number of sulfonamides is 1. The lowest BCUT2D eigenvalue weighted by atomic mass is 9.38. The van der Waals surface area contributed by atoms with Gasteiger partial charge in [-0.25, -0.2) is 8.42 Å². The molecule has 0 atom stereocenters. The van der Waals surface area contributed by atoms with Crippen LogP contribution in [0.25, 0.3) is 0 Å². The fourth-order valence-corrected chi connectivity index (χ4v) is 15.6. The van der Waals surface area contributed by atoms with E-state index in [9.17, 15) is 8.42 Å². The van der Waals surface area contributed by atoms with Gasteiger partial charge in [0.2, 0.25) is 0 Å². The first kappa shape index (κ1) is 19.8. The fourth-order valence-electron chi connectivity index (χ4n) is 11.0. The molecule has 0 unspecified atom stereocenters. The molecule has 5 heteroatoms. The predicted molar refractivity (Wildman–Crippen MR) is 127 cm³/mol. The number of hydrogen-bond acceptors (Lipinski definition) is 3. The third-order valence-corrected chi connectivity index (χ3v) is 15.6. The molecule has 1 aromatic carbocycles. The Morgan fingerprint density at radius 1 is 0.719 bits per heavy atom. The van der Waals surface area contributed by atoms with E-state index in [4.69, 9.17) is 0 Å². The number of benzene rings is 1. The van der Waals surface area contributed by atoms with Gasteiger partial charge in [-0.2, -0.15) is 0 Å². The van der Waals surface area contributed by atoms with Crippen molar-refractivity contribution in [2.75, 3.05) is 0 Å². The molecular weight excluding hydrogens is 434 g/mol. The minimum atomic E-state index is -3.48. The summed E-state index contributed by atoms with van der Waals surface area (Å²) in [6.45, 7) is 2.04. The lowest BCUT2D eigenvalue weighted by Crippen LogP contribution is -2.86. The molecule has 1 aromatic rings. The Balaban J connectivity index is 1.30. The van der Waals surface area contributed by atoms with Crippen LogP contribution in [0.4, 0.5) is 0 Å². The maximum Gasteiger partial charge on any atom is 0.252 e. The standard InChI is InChI=1S/C27H35NO2S2/c1-16-2-4-25(5-3-16)32(29,30)28-26(21-8-17-6-18(10-21)11-22(26)9-17)27(31-28)23-12-19-7-20(14-23)15-24(27)13-19/h2-5,17-24H,6-15H2,1H3. The van der Waals surface area contributed by atoms with Gasteiger partial charge in [0.1, 0.15) is 0 Å². The lowest BCUT2D eigenvalue weighted by Gasteiger charge is -2.81. The smallest absolute Gasteiger partial charge is 0.206 e. The summed E-state index contributed by atoms with van der Waals surface area (Å²) in [5, 5.41) is 0. The highest BCUT2D eigenvalue weighted by Crippen LogP contribution is 2.81. The molecule has 9 fully saturated rings. The zero-order valence-corrected chi connectivity index (χ0v) is 20.7. The highest BCUT2D eigenvalue weighted by Gasteiger charge is 2.82. The van der Waals surface area contributed by atoms with Crippen molar-refractivity contribution in [3.05, 3.63) is 29.8 Å². The first-order valence-electron chi connectivity index (χ1n) is 13.2. The number of rotatable bonds is 2. The molecule has 0 N–H and O–H groups in total. The highest BCUT2D eigenvalue weighted by atomic mass is 32.3. The van der Waals surface area contributed by atoms with Gasteiger partial charge >= 0.3 is 0 Å². The predicted octanol–water partition coefficient (Wildman–Crippen LogP) is 6.04. The third-order valence-electron chi connectivity index (χ3n) is 11.4. The molecule has 1 heterocycles. The molecule has 32 heavy (non-hydrogen) atoms. The van der Waals surface area contributed by atoms with Crippen molar-refractivity contribution in [1.82, 2.24) is 3.71 Å². The highest BCUT2D eigenvalue weighted by molar-refractivity contribution is 8.10. The van der Waals surface area contributed by atoms with Crippen LogP contribution in [-0.4, -0.2) is 22.4 Å². The second-order valence-corrected chi connectivity index (χ2v) is 16.1. The van der Waals surface area contributed by atoms with Gasteiger partial charge in [0.05, 0.1) is 15.2 Å². The molecule has 9 aliphatic rings. The quantitative estimate of drug-likeness (QED) is 0.496. The van der Waals surface area contributed by atoms with E-state index in [2.05, 4.69) is 3.71 Å². The summed E-state index contributed by atoms with van der Waals surface area (Å²) < 4.78 is 30.8. The van der Waals surface area contributed by atoms with Crippen molar-refractivity contribution < 1.29 is 8.42 Å². The minimum Gasteiger partial charge on any atom is -0.206 e. The Hall–Kier alpha value is -0.520. The molecular formula is C27H35NO2S2. The summed E-state index contributed by atoms with van der Waals surface area (Å²) in [5.41, 5.74) is 1.03. The summed E-state index contributed by atoms with van der Waals surface area (Å²) in [4.78, 5) is 0.516. The zero-order valence-electron chi connectivity index (χ0n) is 19.1. The Kier molecular flexibility index (Phi) is 3.81. The Morgan fingerprint density at radius 2 is 1.16 bits per heavy atom. The van der Waals surface area contributed by atoms with Crippen LogP contribution in [0.3, 0.4) is 0 Å². The van der Waals surface area contributed by atoms with Crippen LogP contribution in [0.1, 0.15) is 69.8 Å². The first-order chi connectivity index (χ1) is 15.4. The molecule has 8 aliphatic carbocycles. The topological polar surface area (TPSA) is 37.4 Å². The molecule has 8 bridgehead atoms. The molecule has 8 saturated carbocycles. The van der Waals surface area contributed by atoms with Gasteiger partial charge in [0.25, 0.3) is 10.0 Å². The number of hydrogen-bond donors (Lipinski definition) is 0. The second-order valence-electron chi connectivity index (χ2n) is 12.9. The van der Waals surface area contributed by atoms with E-state index in [1.807, 2.05) is 43.1 Å². The van der Waals surface area contributed by atoms with Crippen LogP contribution in [-0.2, 0) is 10.0 Å². The number of nitrogens with zero attached hydrogens (tertiary/aromatic N) is 1. The SMILES string of the molecule is Cc1ccc(S(=O)(=O)N2SC3(C4CC5CC(C4)CC3C5)C23C2CC4CC(C2)CC3C4)cc1. The van der Waals surface area contributed by atoms with Crippen LogP contribution < -0.4 is 0 Å². The summed E-state index contributed by atoms with van der Waals surface area (Å²) >= 11 is 1.84. The van der Waals surface area contributed by atoms with Crippen LogP contribution >= 0.6 is 11.9 Å². The van der Waals surface area contributed by atoms with Crippen molar-refractivity contribution in [2.45, 2.75) is 86.3 Å². The third kappa shape index (κ3) is 2.15. The monoisotopic (exact) mass is 469 g/mol. The molecule has 10 rings (SSSR count). The van der Waals surface area contributed by atoms with E-state index in [-0.39, 0.29) is 10.3 Å². The fraction of sp³-hybridized carbons (Fsp3) is 0.778. The maximum absolute atomic E-state index is 14.2. The minimum absolute atomic E-state index is 0.0998. The van der Waals surface area contributed by atoms with E-state index in [1.165, 1.54) is 64.2 Å². The molecule has 1 aliphatic heterocycles. The van der Waals surface area contributed by atoms with E-state index in [0.29, 0.717) is 16.7 Å². The second kappa shape index (κ2) is 6.18. The van der Waals surface area contributed by atoms with Crippen molar-refractivity contribution >= 4 is 22.0 Å². The molecule has 0 amide bonds. The van der Waals surface area contributed by atoms with Crippen LogP contribution in [0.5, 0.6) is 0 Å². The lowest BCUT2D eigenvalue weighted by molar-refractivity contribution is -0.179. The molecule has 0 radical (unpaired) electrons. The molecule has 0 aromatic heterocycles. The molecule has 3 nitrogen and oxygen atoms in total. The van der Waals surface area contributed by atoms with Gasteiger partial charge in [0, 0.05) is 0 Å². The van der Waals surface area contributed by atoms with Gasteiger partial charge in [-0.1, -0.05) is 29.6 Å². The molecule has 172 valence electrons. The summed E-state index contributed by atoms with van der Waals surface area (Å²) in [6.07, 6.45) is 13.6. The van der Waals surface area contributed by atoms with Gasteiger partial charge in [0.15, 0.2) is 0 Å². The molecule has 1 saturated heterocycles.